The van der Waals surface area contributed by atoms with E-state index in [1.165, 1.54) is 13.0 Å². The molecule has 0 saturated heterocycles. The molecule has 0 amide bonds. The molecule has 0 aliphatic heterocycles. The summed E-state index contributed by atoms with van der Waals surface area (Å²) in [6.07, 6.45) is -8.62. The van der Waals surface area contributed by atoms with Gasteiger partial charge in [0.2, 0.25) is 0 Å². The van der Waals surface area contributed by atoms with Crippen LogP contribution in [0, 0.1) is 0 Å². The average Bonchev–Trinajstić information content (AvgIpc) is 2.00. The first-order valence-electron chi connectivity index (χ1n) is 3.95. The molecule has 0 radical (unpaired) electrons. The zero-order valence-electron chi connectivity index (χ0n) is 8.04. The van der Waals surface area contributed by atoms with E-state index in [4.69, 9.17) is 0 Å². The molecule has 0 aliphatic rings. The molecule has 0 heterocycles. The van der Waals surface area contributed by atoms with Gasteiger partial charge in [0, 0.05) is 0 Å². The van der Waals surface area contributed by atoms with Gasteiger partial charge in [-0.05, 0) is 13.8 Å². The Morgan fingerprint density at radius 2 is 1.40 bits per heavy atom. The summed E-state index contributed by atoms with van der Waals surface area (Å²) in [7, 11) is 0. The molecule has 0 aromatic carbocycles. The highest BCUT2D eigenvalue weighted by atomic mass is 19.4. The molecule has 90 valence electrons. The maximum Gasteiger partial charge on any atom is 0.426 e. The number of rotatable bonds is 3. The molecule has 15 heavy (non-hydrogen) atoms. The van der Waals surface area contributed by atoms with Crippen LogP contribution in [0.4, 0.5) is 26.3 Å². The molecule has 0 spiro atoms. The summed E-state index contributed by atoms with van der Waals surface area (Å²) in [5.41, 5.74) is -4.13. The summed E-state index contributed by atoms with van der Waals surface area (Å²) in [6.45, 7) is 0.685. The van der Waals surface area contributed by atoms with Crippen LogP contribution in [-0.4, -0.2) is 24.6 Å². The molecular weight excluding hydrogens is 226 g/mol. The monoisotopic (exact) mass is 236 g/mol. The van der Waals surface area contributed by atoms with Gasteiger partial charge >= 0.3 is 12.4 Å². The highest BCUT2D eigenvalue weighted by Crippen LogP contribution is 2.45. The van der Waals surface area contributed by atoms with E-state index in [1.54, 1.807) is 0 Å². The maximum atomic E-state index is 12.2. The van der Waals surface area contributed by atoms with E-state index in [9.17, 15) is 26.3 Å². The Hall–Kier alpha value is -0.720. The first-order chi connectivity index (χ1) is 6.56. The molecular formula is C8H10F6O. The largest absolute Gasteiger partial charge is 0.426 e. The minimum Gasteiger partial charge on any atom is -0.354 e. The second kappa shape index (κ2) is 4.42. The lowest BCUT2D eigenvalue weighted by atomic mass is 10.1. The van der Waals surface area contributed by atoms with Crippen LogP contribution in [-0.2, 0) is 4.74 Å². The van der Waals surface area contributed by atoms with Crippen LogP contribution < -0.4 is 0 Å². The Morgan fingerprint density at radius 1 is 1.00 bits per heavy atom. The van der Waals surface area contributed by atoms with Gasteiger partial charge in [-0.2, -0.15) is 26.3 Å². The Labute approximate surface area is 82.7 Å². The molecule has 0 rings (SSSR count). The summed E-state index contributed by atoms with van der Waals surface area (Å²) in [5, 5.41) is 0. The Bertz CT molecular complexity index is 212. The smallest absolute Gasteiger partial charge is 0.354 e. The fourth-order valence-corrected chi connectivity index (χ4v) is 0.635. The van der Waals surface area contributed by atoms with Crippen molar-refractivity contribution in [3.63, 3.8) is 0 Å². The topological polar surface area (TPSA) is 9.23 Å². The van der Waals surface area contributed by atoms with Crippen LogP contribution in [0.3, 0.4) is 0 Å². The van der Waals surface area contributed by atoms with E-state index >= 15 is 0 Å². The van der Waals surface area contributed by atoms with E-state index in [2.05, 4.69) is 4.74 Å². The normalized spacial score (nSPS) is 14.9. The first-order valence-corrected chi connectivity index (χ1v) is 3.95. The van der Waals surface area contributed by atoms with Crippen LogP contribution in [0.5, 0.6) is 0 Å². The van der Waals surface area contributed by atoms with Gasteiger partial charge in [-0.3, -0.25) is 0 Å². The summed E-state index contributed by atoms with van der Waals surface area (Å²) < 4.78 is 76.8. The van der Waals surface area contributed by atoms with Crippen LogP contribution >= 0.6 is 0 Å². The Morgan fingerprint density at radius 3 is 1.67 bits per heavy atom. The third-order valence-corrected chi connectivity index (χ3v) is 1.79. The van der Waals surface area contributed by atoms with Gasteiger partial charge in [-0.1, -0.05) is 12.2 Å². The molecule has 0 aromatic heterocycles. The van der Waals surface area contributed by atoms with E-state index < -0.39 is 24.6 Å². The first kappa shape index (κ1) is 14.3. The lowest BCUT2D eigenvalue weighted by Gasteiger charge is -2.33. The van der Waals surface area contributed by atoms with Crippen molar-refractivity contribution in [1.29, 1.82) is 0 Å². The molecule has 0 bridgehead atoms. The summed E-state index contributed by atoms with van der Waals surface area (Å²) in [4.78, 5) is 0. The van der Waals surface area contributed by atoms with E-state index in [-0.39, 0.29) is 6.92 Å². The zero-order valence-corrected chi connectivity index (χ0v) is 8.04. The molecule has 0 saturated carbocycles. The molecule has 0 unspecified atom stereocenters. The zero-order chi connectivity index (χ0) is 12.3. The standard InChI is InChI=1S/C8H10F6O/c1-3-4-5-15-6(2,7(9,10)11)8(12,13)14/h3-4H,5H2,1-2H3/b4-3-. The van der Waals surface area contributed by atoms with Gasteiger partial charge < -0.3 is 4.74 Å². The molecule has 0 aromatic rings. The second-order valence-electron chi connectivity index (χ2n) is 2.91. The number of alkyl halides is 6. The summed E-state index contributed by atoms with van der Waals surface area (Å²) >= 11 is 0. The van der Waals surface area contributed by atoms with Gasteiger partial charge in [0.1, 0.15) is 0 Å². The molecule has 0 aliphatic carbocycles. The number of allylic oxidation sites excluding steroid dienone is 1. The number of hydrogen-bond acceptors (Lipinski definition) is 1. The lowest BCUT2D eigenvalue weighted by molar-refractivity contribution is -0.371. The third kappa shape index (κ3) is 3.12. The predicted molar refractivity (Wildman–Crippen MR) is 41.3 cm³/mol. The van der Waals surface area contributed by atoms with Crippen LogP contribution in [0.15, 0.2) is 12.2 Å². The fraction of sp³-hybridized carbons (Fsp3) is 0.750. The van der Waals surface area contributed by atoms with Crippen LogP contribution in [0.1, 0.15) is 13.8 Å². The number of ether oxygens (including phenoxy) is 1. The van der Waals surface area contributed by atoms with Crippen molar-refractivity contribution < 1.29 is 31.1 Å². The Kier molecular flexibility index (Phi) is 4.21. The molecule has 0 atom stereocenters. The molecule has 0 N–H and O–H groups in total. The predicted octanol–water partition coefficient (Wildman–Crippen LogP) is 3.46. The number of hydrogen-bond donors (Lipinski definition) is 0. The van der Waals surface area contributed by atoms with E-state index in [0.717, 1.165) is 6.08 Å². The van der Waals surface area contributed by atoms with Gasteiger partial charge in [0.15, 0.2) is 0 Å². The summed E-state index contributed by atoms with van der Waals surface area (Å²) in [5.74, 6) is 0. The minimum absolute atomic E-state index is 0.0312. The fourth-order valence-electron chi connectivity index (χ4n) is 0.635. The second-order valence-corrected chi connectivity index (χ2v) is 2.91. The van der Waals surface area contributed by atoms with Gasteiger partial charge in [0.05, 0.1) is 6.61 Å². The molecule has 0 fully saturated rings. The van der Waals surface area contributed by atoms with Gasteiger partial charge in [0.25, 0.3) is 5.60 Å². The molecule has 1 nitrogen and oxygen atoms in total. The van der Waals surface area contributed by atoms with Crippen molar-refractivity contribution >= 4 is 0 Å². The summed E-state index contributed by atoms with van der Waals surface area (Å²) in [6, 6.07) is 0. The average molecular weight is 236 g/mol. The highest BCUT2D eigenvalue weighted by Gasteiger charge is 2.69. The molecule has 7 heteroatoms. The van der Waals surface area contributed by atoms with Crippen molar-refractivity contribution in [2.75, 3.05) is 6.61 Å². The SMILES string of the molecule is C/C=C\COC(C)(C(F)(F)F)C(F)(F)F. The van der Waals surface area contributed by atoms with Crippen LogP contribution in [0.2, 0.25) is 0 Å². The van der Waals surface area contributed by atoms with Crippen LogP contribution in [0.25, 0.3) is 0 Å². The maximum absolute atomic E-state index is 12.2. The van der Waals surface area contributed by atoms with Gasteiger partial charge in [-0.25, -0.2) is 0 Å². The lowest BCUT2D eigenvalue weighted by Crippen LogP contribution is -2.56. The van der Waals surface area contributed by atoms with Gasteiger partial charge in [-0.15, -0.1) is 0 Å². The van der Waals surface area contributed by atoms with Crippen molar-refractivity contribution in [2.24, 2.45) is 0 Å². The minimum atomic E-state index is -5.49. The quantitative estimate of drug-likeness (QED) is 0.538. The number of halogens is 6. The Balaban J connectivity index is 4.89. The third-order valence-electron chi connectivity index (χ3n) is 1.79. The van der Waals surface area contributed by atoms with E-state index in [0.29, 0.717) is 0 Å². The van der Waals surface area contributed by atoms with Crippen molar-refractivity contribution in [3.05, 3.63) is 12.2 Å². The van der Waals surface area contributed by atoms with Crippen molar-refractivity contribution in [3.8, 4) is 0 Å². The van der Waals surface area contributed by atoms with Crippen molar-refractivity contribution in [1.82, 2.24) is 0 Å². The van der Waals surface area contributed by atoms with E-state index in [1.807, 2.05) is 0 Å². The van der Waals surface area contributed by atoms with Crippen molar-refractivity contribution in [2.45, 2.75) is 31.8 Å². The highest BCUT2D eigenvalue weighted by molar-refractivity contribution is 4.93.